The Hall–Kier alpha value is 0.316. The van der Waals surface area contributed by atoms with Crippen LogP contribution < -0.4 is 56.5 Å². The van der Waals surface area contributed by atoms with Crippen LogP contribution >= 0.6 is 0 Å². The monoisotopic (exact) mass is 265 g/mol. The van der Waals surface area contributed by atoms with Crippen molar-refractivity contribution in [3.63, 3.8) is 0 Å². The fourth-order valence-electron chi connectivity index (χ4n) is 1.29. The first kappa shape index (κ1) is 19.7. The van der Waals surface area contributed by atoms with E-state index in [1.807, 2.05) is 6.08 Å². The normalized spacial score (nSPS) is 11.2. The van der Waals surface area contributed by atoms with E-state index in [2.05, 4.69) is 6.58 Å². The molecule has 0 aliphatic rings. The van der Waals surface area contributed by atoms with Gasteiger partial charge < -0.3 is 14.8 Å². The van der Waals surface area contributed by atoms with Gasteiger partial charge in [0, 0.05) is 13.5 Å². The van der Waals surface area contributed by atoms with E-state index in [-0.39, 0.29) is 57.3 Å². The molecule has 0 radical (unpaired) electrons. The molecule has 0 saturated heterocycles. The summed E-state index contributed by atoms with van der Waals surface area (Å²) in [6.07, 6.45) is 5.98. The maximum absolute atomic E-state index is 11.5. The van der Waals surface area contributed by atoms with Crippen LogP contribution in [0.25, 0.3) is 0 Å². The van der Waals surface area contributed by atoms with Gasteiger partial charge in [-0.15, -0.1) is 6.58 Å². The van der Waals surface area contributed by atoms with Crippen LogP contribution in [0.3, 0.4) is 0 Å². The molecule has 0 heterocycles. The van der Waals surface area contributed by atoms with Crippen LogP contribution in [0.1, 0.15) is 39.0 Å². The Morgan fingerprint density at radius 3 is 2.41 bits per heavy atom. The van der Waals surface area contributed by atoms with Crippen molar-refractivity contribution in [2.45, 2.75) is 45.1 Å². The molecule has 0 aliphatic heterocycles. The predicted molar refractivity (Wildman–Crippen MR) is 60.5 cm³/mol. The number of carboxylic acids is 1. The van der Waals surface area contributed by atoms with Gasteiger partial charge in [-0.25, -0.2) is 0 Å². The van der Waals surface area contributed by atoms with Gasteiger partial charge in [-0.3, -0.25) is 4.79 Å². The van der Waals surface area contributed by atoms with Crippen LogP contribution in [0.4, 0.5) is 0 Å². The quantitative estimate of drug-likeness (QED) is 0.282. The number of aliphatic carboxylic acids is 1. The molecule has 5 heteroatoms. The summed E-state index contributed by atoms with van der Waals surface area (Å²) in [5.74, 6) is -1.36. The van der Waals surface area contributed by atoms with Crippen molar-refractivity contribution in [1.29, 1.82) is 0 Å². The molecule has 0 saturated carbocycles. The summed E-state index contributed by atoms with van der Waals surface area (Å²) in [7, 11) is 1.49. The van der Waals surface area contributed by atoms with Gasteiger partial charge in [0.1, 0.15) is 0 Å². The first-order chi connectivity index (χ1) is 7.50. The molecular formula is C12H20KNO3. The van der Waals surface area contributed by atoms with Gasteiger partial charge in [0.25, 0.3) is 0 Å². The number of carbonyl (C=O) groups excluding carboxylic acids is 2. The number of likely N-dealkylation sites (N-methyl/N-ethyl adjacent to an activating group) is 1. The van der Waals surface area contributed by atoms with Crippen molar-refractivity contribution in [2.24, 2.45) is 0 Å². The zero-order valence-corrected chi connectivity index (χ0v) is 14.2. The molecule has 1 unspecified atom stereocenters. The maximum Gasteiger partial charge on any atom is 1.00 e. The summed E-state index contributed by atoms with van der Waals surface area (Å²) in [5, 5.41) is 10.5. The number of unbranched alkanes of at least 4 members (excludes halogenated alkanes) is 3. The molecule has 0 aromatic heterocycles. The Bertz CT molecular complexity index is 256. The van der Waals surface area contributed by atoms with E-state index in [4.69, 9.17) is 0 Å². The zero-order chi connectivity index (χ0) is 12.6. The summed E-state index contributed by atoms with van der Waals surface area (Å²) < 4.78 is 0. The molecule has 0 rings (SSSR count). The second-order valence-electron chi connectivity index (χ2n) is 3.89. The fraction of sp³-hybridized carbons (Fsp3) is 0.667. The number of allylic oxidation sites excluding steroid dienone is 1. The first-order valence-corrected chi connectivity index (χ1v) is 5.58. The minimum atomic E-state index is -1.22. The van der Waals surface area contributed by atoms with E-state index in [1.54, 1.807) is 0 Å². The van der Waals surface area contributed by atoms with Gasteiger partial charge in [-0.05, 0) is 26.2 Å². The number of carboxylic acid groups (broad SMARTS) is 1. The molecule has 1 amide bonds. The van der Waals surface area contributed by atoms with Crippen LogP contribution in [0, 0.1) is 0 Å². The van der Waals surface area contributed by atoms with E-state index in [1.165, 1.54) is 18.9 Å². The number of rotatable bonds is 8. The molecule has 17 heavy (non-hydrogen) atoms. The van der Waals surface area contributed by atoms with Gasteiger partial charge in [-0.2, -0.15) is 0 Å². The molecule has 0 aromatic rings. The molecule has 0 N–H and O–H groups in total. The third-order valence-corrected chi connectivity index (χ3v) is 2.61. The average molecular weight is 265 g/mol. The largest absolute Gasteiger partial charge is 1.00 e. The first-order valence-electron chi connectivity index (χ1n) is 5.58. The summed E-state index contributed by atoms with van der Waals surface area (Å²) in [6, 6.07) is -0.860. The molecule has 0 fully saturated rings. The molecule has 0 aromatic carbocycles. The third-order valence-electron chi connectivity index (χ3n) is 2.61. The van der Waals surface area contributed by atoms with Crippen LogP contribution in [0.15, 0.2) is 12.7 Å². The standard InChI is InChI=1S/C12H21NO3.K/c1-4-5-6-7-8-9-11(14)13(3)10(2)12(15)16;/h4,10H,1,5-9H2,2-3H3,(H,15,16);/q;+1/p-1. The molecular weight excluding hydrogens is 245 g/mol. The van der Waals surface area contributed by atoms with Gasteiger partial charge in [0.2, 0.25) is 5.91 Å². The molecule has 4 nitrogen and oxygen atoms in total. The number of nitrogens with zero attached hydrogens (tertiary/aromatic N) is 1. The number of hydrogen-bond donors (Lipinski definition) is 0. The van der Waals surface area contributed by atoms with E-state index in [0.717, 1.165) is 25.7 Å². The smallest absolute Gasteiger partial charge is 0.548 e. The van der Waals surface area contributed by atoms with E-state index >= 15 is 0 Å². The molecule has 92 valence electrons. The molecule has 0 spiro atoms. The zero-order valence-electron chi connectivity index (χ0n) is 11.1. The topological polar surface area (TPSA) is 60.4 Å². The van der Waals surface area contributed by atoms with E-state index in [0.29, 0.717) is 6.42 Å². The van der Waals surface area contributed by atoms with Crippen molar-refractivity contribution in [2.75, 3.05) is 7.05 Å². The van der Waals surface area contributed by atoms with Crippen LogP contribution in [-0.4, -0.2) is 29.9 Å². The Balaban J connectivity index is 0. The average Bonchev–Trinajstić information content (AvgIpc) is 2.26. The van der Waals surface area contributed by atoms with Crippen molar-refractivity contribution in [1.82, 2.24) is 4.90 Å². The summed E-state index contributed by atoms with van der Waals surface area (Å²) >= 11 is 0. The predicted octanol–water partition coefficient (Wildman–Crippen LogP) is -2.28. The Labute approximate surface area is 146 Å². The SMILES string of the molecule is C=CCCCCCC(=O)N(C)C(C)C(=O)[O-].[K+]. The van der Waals surface area contributed by atoms with Crippen LogP contribution in [0.2, 0.25) is 0 Å². The third kappa shape index (κ3) is 8.96. The number of amides is 1. The van der Waals surface area contributed by atoms with Crippen molar-refractivity contribution < 1.29 is 66.1 Å². The van der Waals surface area contributed by atoms with Crippen molar-refractivity contribution in [3.8, 4) is 0 Å². The number of carbonyl (C=O) groups is 2. The minimum absolute atomic E-state index is 0. The Morgan fingerprint density at radius 2 is 1.94 bits per heavy atom. The van der Waals surface area contributed by atoms with Crippen LogP contribution in [0.5, 0.6) is 0 Å². The Kier molecular flexibility index (Phi) is 13.2. The summed E-state index contributed by atoms with van der Waals surface area (Å²) in [4.78, 5) is 23.3. The number of hydrogen-bond acceptors (Lipinski definition) is 3. The van der Waals surface area contributed by atoms with Gasteiger partial charge in [-0.1, -0.05) is 12.5 Å². The van der Waals surface area contributed by atoms with Gasteiger partial charge >= 0.3 is 51.4 Å². The van der Waals surface area contributed by atoms with E-state index in [9.17, 15) is 14.7 Å². The second kappa shape index (κ2) is 11.4. The molecule has 0 bridgehead atoms. The summed E-state index contributed by atoms with van der Waals surface area (Å²) in [5.41, 5.74) is 0. The van der Waals surface area contributed by atoms with Crippen molar-refractivity contribution in [3.05, 3.63) is 12.7 Å². The van der Waals surface area contributed by atoms with Gasteiger partial charge in [0.15, 0.2) is 0 Å². The Morgan fingerprint density at radius 1 is 1.35 bits per heavy atom. The second-order valence-corrected chi connectivity index (χ2v) is 3.89. The van der Waals surface area contributed by atoms with Gasteiger partial charge in [0.05, 0.1) is 12.0 Å². The fourth-order valence-corrected chi connectivity index (χ4v) is 1.29. The minimum Gasteiger partial charge on any atom is -0.548 e. The van der Waals surface area contributed by atoms with E-state index < -0.39 is 12.0 Å². The maximum atomic E-state index is 11.5. The van der Waals surface area contributed by atoms with Crippen molar-refractivity contribution >= 4 is 11.9 Å². The molecule has 0 aliphatic carbocycles. The molecule has 1 atom stereocenters. The summed E-state index contributed by atoms with van der Waals surface area (Å²) in [6.45, 7) is 5.07. The van der Waals surface area contributed by atoms with Crippen LogP contribution in [-0.2, 0) is 9.59 Å².